The number of para-hydroxylation sites is 1. The summed E-state index contributed by atoms with van der Waals surface area (Å²) in [5.41, 5.74) is 2.36. The predicted octanol–water partition coefficient (Wildman–Crippen LogP) is 3.56. The van der Waals surface area contributed by atoms with E-state index in [0.29, 0.717) is 40.6 Å². The smallest absolute Gasteiger partial charge is 0.200 e. The van der Waals surface area contributed by atoms with Crippen LogP contribution in [0.25, 0.3) is 21.9 Å². The lowest BCUT2D eigenvalue weighted by Crippen LogP contribution is -2.51. The van der Waals surface area contributed by atoms with Gasteiger partial charge in [0.1, 0.15) is 11.2 Å². The molecule has 1 unspecified atom stereocenters. The molecule has 1 aromatic heterocycles. The van der Waals surface area contributed by atoms with Crippen molar-refractivity contribution < 1.29 is 9.15 Å². The summed E-state index contributed by atoms with van der Waals surface area (Å²) < 4.78 is 12.2. The Morgan fingerprint density at radius 3 is 2.64 bits per heavy atom. The molecule has 3 aromatic rings. The lowest BCUT2D eigenvalue weighted by atomic mass is 9.86. The van der Waals surface area contributed by atoms with Gasteiger partial charge < -0.3 is 14.1 Å². The van der Waals surface area contributed by atoms with Crippen LogP contribution in [0.4, 0.5) is 0 Å². The van der Waals surface area contributed by atoms with E-state index in [-0.39, 0.29) is 5.43 Å². The molecule has 3 saturated heterocycles. The average Bonchev–Trinajstić information content (AvgIpc) is 2.67. The average molecular weight is 335 g/mol. The molecular formula is C21H21NO3. The maximum Gasteiger partial charge on any atom is 0.200 e. The quantitative estimate of drug-likeness (QED) is 0.687. The summed E-state index contributed by atoms with van der Waals surface area (Å²) in [7, 11) is 0. The molecular weight excluding hydrogens is 314 g/mol. The zero-order valence-electron chi connectivity index (χ0n) is 14.1. The lowest BCUT2D eigenvalue weighted by molar-refractivity contribution is -0.0765. The molecule has 4 heterocycles. The number of rotatable bonds is 3. The van der Waals surface area contributed by atoms with Gasteiger partial charge in [-0.05, 0) is 61.7 Å². The maximum atomic E-state index is 12.6. The first-order valence-electron chi connectivity index (χ1n) is 9.06. The third-order valence-electron chi connectivity index (χ3n) is 5.70. The molecule has 2 bridgehead atoms. The molecule has 0 saturated carbocycles. The van der Waals surface area contributed by atoms with E-state index in [4.69, 9.17) is 9.15 Å². The van der Waals surface area contributed by atoms with Crippen molar-refractivity contribution in [2.24, 2.45) is 5.92 Å². The molecule has 128 valence electrons. The van der Waals surface area contributed by atoms with E-state index in [9.17, 15) is 4.79 Å². The van der Waals surface area contributed by atoms with Crippen molar-refractivity contribution in [2.45, 2.75) is 25.6 Å². The Labute approximate surface area is 146 Å². The topological polar surface area (TPSA) is 42.7 Å². The molecule has 4 nitrogen and oxygen atoms in total. The Morgan fingerprint density at radius 2 is 1.84 bits per heavy atom. The second-order valence-electron chi connectivity index (χ2n) is 7.25. The van der Waals surface area contributed by atoms with Crippen molar-refractivity contribution in [3.8, 4) is 0 Å². The molecule has 1 atom stereocenters. The van der Waals surface area contributed by atoms with Crippen molar-refractivity contribution >= 4 is 21.9 Å². The lowest BCUT2D eigenvalue weighted by Gasteiger charge is -2.44. The highest BCUT2D eigenvalue weighted by molar-refractivity contribution is 5.89. The molecule has 4 heteroatoms. The standard InChI is InChI=1S/C21H21NO3/c23-21-16-3-1-2-4-18(16)25-19-11-14(5-6-17(19)21)13-24-20-12-22-9-7-15(20)8-10-22/h1-6,11,15,20H,7-10,12-13H2. The largest absolute Gasteiger partial charge is 0.456 e. The minimum Gasteiger partial charge on any atom is -0.456 e. The second kappa shape index (κ2) is 5.97. The molecule has 3 aliphatic rings. The molecule has 0 aliphatic carbocycles. The molecule has 0 amide bonds. The van der Waals surface area contributed by atoms with Gasteiger partial charge in [-0.25, -0.2) is 0 Å². The molecule has 2 aromatic carbocycles. The van der Waals surface area contributed by atoms with E-state index >= 15 is 0 Å². The summed E-state index contributed by atoms with van der Waals surface area (Å²) >= 11 is 0. The summed E-state index contributed by atoms with van der Waals surface area (Å²) in [4.78, 5) is 15.1. The van der Waals surface area contributed by atoms with Crippen molar-refractivity contribution in [3.05, 3.63) is 58.3 Å². The van der Waals surface area contributed by atoms with Gasteiger partial charge in [0.05, 0.1) is 23.5 Å². The summed E-state index contributed by atoms with van der Waals surface area (Å²) in [6.45, 7) is 4.07. The van der Waals surface area contributed by atoms with Crippen molar-refractivity contribution in [1.82, 2.24) is 4.90 Å². The highest BCUT2D eigenvalue weighted by Gasteiger charge is 2.34. The highest BCUT2D eigenvalue weighted by atomic mass is 16.5. The normalized spacial score (nSPS) is 25.7. The first kappa shape index (κ1) is 15.1. The Balaban J connectivity index is 1.42. The minimum atomic E-state index is 0.0294. The number of hydrogen-bond acceptors (Lipinski definition) is 4. The number of benzene rings is 2. The summed E-state index contributed by atoms with van der Waals surface area (Å²) in [5.74, 6) is 0.701. The molecule has 3 fully saturated rings. The fourth-order valence-corrected chi connectivity index (χ4v) is 4.24. The monoisotopic (exact) mass is 335 g/mol. The third-order valence-corrected chi connectivity index (χ3v) is 5.70. The zero-order valence-corrected chi connectivity index (χ0v) is 14.1. The molecule has 3 aliphatic heterocycles. The number of hydrogen-bond donors (Lipinski definition) is 0. The second-order valence-corrected chi connectivity index (χ2v) is 7.25. The van der Waals surface area contributed by atoms with Crippen LogP contribution >= 0.6 is 0 Å². The van der Waals surface area contributed by atoms with E-state index in [1.807, 2.05) is 42.5 Å². The number of piperidine rings is 3. The van der Waals surface area contributed by atoms with Gasteiger partial charge in [0, 0.05) is 6.54 Å². The van der Waals surface area contributed by atoms with E-state index < -0.39 is 0 Å². The van der Waals surface area contributed by atoms with Crippen LogP contribution < -0.4 is 5.43 Å². The number of ether oxygens (including phenoxy) is 1. The van der Waals surface area contributed by atoms with Crippen LogP contribution in [0.1, 0.15) is 18.4 Å². The van der Waals surface area contributed by atoms with E-state index in [0.717, 1.165) is 12.1 Å². The van der Waals surface area contributed by atoms with Crippen molar-refractivity contribution in [2.75, 3.05) is 19.6 Å². The van der Waals surface area contributed by atoms with Crippen LogP contribution in [0.5, 0.6) is 0 Å². The minimum absolute atomic E-state index is 0.0294. The fraction of sp³-hybridized carbons (Fsp3) is 0.381. The van der Waals surface area contributed by atoms with Gasteiger partial charge in [0.15, 0.2) is 0 Å². The molecule has 0 radical (unpaired) electrons. The van der Waals surface area contributed by atoms with Crippen LogP contribution in [0.15, 0.2) is 51.7 Å². The maximum absolute atomic E-state index is 12.6. The van der Waals surface area contributed by atoms with Crippen molar-refractivity contribution in [3.63, 3.8) is 0 Å². The van der Waals surface area contributed by atoms with Crippen LogP contribution in [0.3, 0.4) is 0 Å². The van der Waals surface area contributed by atoms with Crippen LogP contribution in [-0.4, -0.2) is 30.6 Å². The summed E-state index contributed by atoms with van der Waals surface area (Å²) in [6, 6.07) is 13.2. The summed E-state index contributed by atoms with van der Waals surface area (Å²) in [6.07, 6.45) is 2.84. The van der Waals surface area contributed by atoms with Crippen molar-refractivity contribution in [1.29, 1.82) is 0 Å². The van der Waals surface area contributed by atoms with Crippen LogP contribution in [0.2, 0.25) is 0 Å². The molecule has 0 N–H and O–H groups in total. The van der Waals surface area contributed by atoms with Gasteiger partial charge in [-0.15, -0.1) is 0 Å². The molecule has 25 heavy (non-hydrogen) atoms. The Kier molecular flexibility index (Phi) is 3.61. The SMILES string of the molecule is O=c1c2ccccc2oc2cc(COC3CN4CCC3CC4)ccc12. The number of fused-ring (bicyclic) bond motifs is 5. The highest BCUT2D eigenvalue weighted by Crippen LogP contribution is 2.30. The van der Waals surface area contributed by atoms with Gasteiger partial charge >= 0.3 is 0 Å². The van der Waals surface area contributed by atoms with Gasteiger partial charge in [0.25, 0.3) is 0 Å². The van der Waals surface area contributed by atoms with Crippen LogP contribution in [-0.2, 0) is 11.3 Å². The Bertz CT molecular complexity index is 985. The van der Waals surface area contributed by atoms with Crippen LogP contribution in [0, 0.1) is 5.92 Å². The van der Waals surface area contributed by atoms with E-state index in [1.54, 1.807) is 0 Å². The molecule has 6 rings (SSSR count). The van der Waals surface area contributed by atoms with Gasteiger partial charge in [-0.3, -0.25) is 4.79 Å². The van der Waals surface area contributed by atoms with Gasteiger partial charge in [0.2, 0.25) is 5.43 Å². The molecule has 0 spiro atoms. The van der Waals surface area contributed by atoms with Gasteiger partial charge in [-0.2, -0.15) is 0 Å². The Hall–Kier alpha value is -2.17. The van der Waals surface area contributed by atoms with E-state index in [2.05, 4.69) is 4.90 Å². The zero-order chi connectivity index (χ0) is 16.8. The summed E-state index contributed by atoms with van der Waals surface area (Å²) in [5, 5.41) is 1.26. The van der Waals surface area contributed by atoms with Gasteiger partial charge in [-0.1, -0.05) is 18.2 Å². The Morgan fingerprint density at radius 1 is 1.04 bits per heavy atom. The number of nitrogens with zero attached hydrogens (tertiary/aromatic N) is 1. The first-order chi connectivity index (χ1) is 12.3. The van der Waals surface area contributed by atoms with E-state index in [1.165, 1.54) is 25.9 Å². The predicted molar refractivity (Wildman–Crippen MR) is 97.7 cm³/mol. The third kappa shape index (κ3) is 2.66. The fourth-order valence-electron chi connectivity index (χ4n) is 4.24. The first-order valence-corrected chi connectivity index (χ1v) is 9.06.